The van der Waals surface area contributed by atoms with Gasteiger partial charge in [0.15, 0.2) is 0 Å². The van der Waals surface area contributed by atoms with Crippen LogP contribution in [0.25, 0.3) is 32.5 Å². The van der Waals surface area contributed by atoms with Gasteiger partial charge >= 0.3 is 0 Å². The predicted molar refractivity (Wildman–Crippen MR) is 76.0 cm³/mol. The highest BCUT2D eigenvalue weighted by Crippen LogP contribution is 2.30. The molecule has 0 aliphatic rings. The molecule has 0 fully saturated rings. The molecule has 0 atom stereocenters. The Morgan fingerprint density at radius 1 is 0.947 bits per heavy atom. The molecule has 0 bridgehead atoms. The molecule has 1 heterocycles. The first-order valence-electron chi connectivity index (χ1n) is 5.88. The minimum atomic E-state index is 0.591. The molecule has 0 N–H and O–H groups in total. The molecule has 0 aliphatic carbocycles. The van der Waals surface area contributed by atoms with Crippen molar-refractivity contribution in [3.63, 3.8) is 0 Å². The van der Waals surface area contributed by atoms with Gasteiger partial charge in [0.1, 0.15) is 0 Å². The molecule has 0 saturated heterocycles. The van der Waals surface area contributed by atoms with Gasteiger partial charge < -0.3 is 0 Å². The lowest BCUT2D eigenvalue weighted by Gasteiger charge is -2.05. The summed E-state index contributed by atoms with van der Waals surface area (Å²) in [6, 6.07) is 17.5. The van der Waals surface area contributed by atoms with Gasteiger partial charge in [0.05, 0.1) is 5.69 Å². The lowest BCUT2D eigenvalue weighted by atomic mass is 10.1. The molecule has 0 unspecified atom stereocenters. The van der Waals surface area contributed by atoms with Crippen LogP contribution >= 0.6 is 0 Å². The first kappa shape index (κ1) is 11.3. The number of nitrogens with zero attached hydrogens (tertiary/aromatic N) is 4. The summed E-state index contributed by atoms with van der Waals surface area (Å²) < 4.78 is 0. The number of hydrogen-bond acceptors (Lipinski definition) is 2. The summed E-state index contributed by atoms with van der Waals surface area (Å²) in [4.78, 5) is 7.29. The molecule has 0 radical (unpaired) electrons. The van der Waals surface area contributed by atoms with Crippen LogP contribution < -0.4 is 0 Å². The zero-order valence-electron chi connectivity index (χ0n) is 10.1. The Morgan fingerprint density at radius 2 is 1.68 bits per heavy atom. The fourth-order valence-electron chi connectivity index (χ4n) is 2.06. The number of hydrogen-bond donors (Lipinski definition) is 0. The largest absolute Gasteiger partial charge is 0.256 e. The Kier molecular flexibility index (Phi) is 2.85. The van der Waals surface area contributed by atoms with E-state index in [1.807, 2.05) is 54.7 Å². The van der Waals surface area contributed by atoms with E-state index in [4.69, 9.17) is 5.53 Å². The van der Waals surface area contributed by atoms with Crippen LogP contribution in [0.15, 0.2) is 65.9 Å². The van der Waals surface area contributed by atoms with Gasteiger partial charge in [-0.1, -0.05) is 53.6 Å². The van der Waals surface area contributed by atoms with Gasteiger partial charge in [0, 0.05) is 27.7 Å². The average molecular weight is 246 g/mol. The molecule has 0 aliphatic heterocycles. The zero-order chi connectivity index (χ0) is 13.1. The highest BCUT2D eigenvalue weighted by molar-refractivity contribution is 5.86. The Morgan fingerprint density at radius 3 is 2.53 bits per heavy atom. The SMILES string of the molecule is [N-]=[N+]=Nc1ccccc1-c1cc2ccccc2cn1. The molecular formula is C15H10N4. The van der Waals surface area contributed by atoms with E-state index in [2.05, 4.69) is 15.0 Å². The standard InChI is InChI=1S/C15H10N4/c16-19-18-14-8-4-3-7-13(14)15-9-11-5-1-2-6-12(11)10-17-15/h1-10H. The van der Waals surface area contributed by atoms with E-state index in [-0.39, 0.29) is 0 Å². The number of fused-ring (bicyclic) bond motifs is 1. The lowest BCUT2D eigenvalue weighted by molar-refractivity contribution is 1.34. The number of rotatable bonds is 2. The quantitative estimate of drug-likeness (QED) is 0.362. The van der Waals surface area contributed by atoms with Gasteiger partial charge in [-0.3, -0.25) is 4.98 Å². The van der Waals surface area contributed by atoms with Crippen LogP contribution in [0.1, 0.15) is 0 Å². The summed E-state index contributed by atoms with van der Waals surface area (Å²) in [5.41, 5.74) is 10.8. The maximum absolute atomic E-state index is 8.60. The molecule has 0 saturated carbocycles. The topological polar surface area (TPSA) is 61.7 Å². The van der Waals surface area contributed by atoms with Crippen molar-refractivity contribution in [1.29, 1.82) is 0 Å². The van der Waals surface area contributed by atoms with Crippen molar-refractivity contribution in [2.75, 3.05) is 0 Å². The van der Waals surface area contributed by atoms with Crippen molar-refractivity contribution in [3.8, 4) is 11.3 Å². The molecule has 1 aromatic heterocycles. The average Bonchev–Trinajstić information content (AvgIpc) is 2.48. The third-order valence-corrected chi connectivity index (χ3v) is 2.96. The van der Waals surface area contributed by atoms with Crippen molar-refractivity contribution in [3.05, 3.63) is 71.2 Å². The number of aromatic nitrogens is 1. The minimum Gasteiger partial charge on any atom is -0.256 e. The van der Waals surface area contributed by atoms with Crippen molar-refractivity contribution < 1.29 is 0 Å². The second-order valence-electron chi connectivity index (χ2n) is 4.12. The monoisotopic (exact) mass is 246 g/mol. The second kappa shape index (κ2) is 4.80. The maximum Gasteiger partial charge on any atom is 0.0713 e. The summed E-state index contributed by atoms with van der Waals surface area (Å²) in [5, 5.41) is 5.91. The van der Waals surface area contributed by atoms with Crippen LogP contribution in [0.2, 0.25) is 0 Å². The highest BCUT2D eigenvalue weighted by atomic mass is 15.1. The summed E-state index contributed by atoms with van der Waals surface area (Å²) in [6.45, 7) is 0. The van der Waals surface area contributed by atoms with Crippen molar-refractivity contribution in [1.82, 2.24) is 4.98 Å². The molecule has 0 spiro atoms. The number of benzene rings is 2. The van der Waals surface area contributed by atoms with E-state index in [9.17, 15) is 0 Å². The minimum absolute atomic E-state index is 0.591. The van der Waals surface area contributed by atoms with Gasteiger partial charge in [0.25, 0.3) is 0 Å². The molecule has 2 aromatic carbocycles. The summed E-state index contributed by atoms with van der Waals surface area (Å²) in [5.74, 6) is 0. The van der Waals surface area contributed by atoms with Gasteiger partial charge in [-0.25, -0.2) is 0 Å². The van der Waals surface area contributed by atoms with Crippen LogP contribution in [0.3, 0.4) is 0 Å². The Bertz CT molecular complexity index is 789. The van der Waals surface area contributed by atoms with E-state index in [1.165, 1.54) is 0 Å². The summed E-state index contributed by atoms with van der Waals surface area (Å²) in [7, 11) is 0. The van der Waals surface area contributed by atoms with E-state index in [1.54, 1.807) is 6.07 Å². The Labute approximate surface area is 110 Å². The molecule has 4 nitrogen and oxygen atoms in total. The van der Waals surface area contributed by atoms with Crippen LogP contribution in [0, 0.1) is 0 Å². The summed E-state index contributed by atoms with van der Waals surface area (Å²) >= 11 is 0. The fourth-order valence-corrected chi connectivity index (χ4v) is 2.06. The van der Waals surface area contributed by atoms with E-state index >= 15 is 0 Å². The third kappa shape index (κ3) is 2.12. The van der Waals surface area contributed by atoms with Crippen molar-refractivity contribution in [2.45, 2.75) is 0 Å². The van der Waals surface area contributed by atoms with Gasteiger partial charge in [-0.2, -0.15) is 0 Å². The first-order valence-corrected chi connectivity index (χ1v) is 5.88. The molecule has 3 rings (SSSR count). The summed E-state index contributed by atoms with van der Waals surface area (Å²) in [6.07, 6.45) is 1.83. The molecule has 19 heavy (non-hydrogen) atoms. The lowest BCUT2D eigenvalue weighted by Crippen LogP contribution is -1.84. The van der Waals surface area contributed by atoms with Crippen LogP contribution in [0.4, 0.5) is 5.69 Å². The van der Waals surface area contributed by atoms with Crippen molar-refractivity contribution in [2.24, 2.45) is 5.11 Å². The predicted octanol–water partition coefficient (Wildman–Crippen LogP) is 4.84. The molecule has 0 amide bonds. The van der Waals surface area contributed by atoms with Crippen LogP contribution in [-0.4, -0.2) is 4.98 Å². The maximum atomic E-state index is 8.60. The van der Waals surface area contributed by atoms with E-state index < -0.39 is 0 Å². The first-order chi connectivity index (χ1) is 9.38. The third-order valence-electron chi connectivity index (χ3n) is 2.96. The van der Waals surface area contributed by atoms with E-state index in [0.717, 1.165) is 22.0 Å². The van der Waals surface area contributed by atoms with Gasteiger partial charge in [0.2, 0.25) is 0 Å². The molecular weight excluding hydrogens is 236 g/mol. The smallest absolute Gasteiger partial charge is 0.0713 e. The van der Waals surface area contributed by atoms with Gasteiger partial charge in [-0.15, -0.1) is 0 Å². The molecule has 90 valence electrons. The Balaban J connectivity index is 2.21. The van der Waals surface area contributed by atoms with Crippen LogP contribution in [0.5, 0.6) is 0 Å². The van der Waals surface area contributed by atoms with Crippen LogP contribution in [-0.2, 0) is 0 Å². The molecule has 4 heteroatoms. The zero-order valence-corrected chi connectivity index (χ0v) is 10.1. The Hall–Kier alpha value is -2.84. The number of pyridine rings is 1. The van der Waals surface area contributed by atoms with Gasteiger partial charge in [-0.05, 0) is 17.0 Å². The number of azide groups is 1. The second-order valence-corrected chi connectivity index (χ2v) is 4.12. The highest BCUT2D eigenvalue weighted by Gasteiger charge is 2.05. The fraction of sp³-hybridized carbons (Fsp3) is 0. The van der Waals surface area contributed by atoms with Crippen molar-refractivity contribution >= 4 is 16.5 Å². The van der Waals surface area contributed by atoms with E-state index in [0.29, 0.717) is 5.69 Å². The molecule has 3 aromatic rings. The normalized spacial score (nSPS) is 10.1.